The molecule has 0 saturated heterocycles. The Morgan fingerprint density at radius 3 is 2.19 bits per heavy atom. The third-order valence-electron chi connectivity index (χ3n) is 1.88. The molecule has 0 aromatic heterocycles. The van der Waals surface area contributed by atoms with Gasteiger partial charge in [-0.15, -0.1) is 0 Å². The molecule has 16 heavy (non-hydrogen) atoms. The summed E-state index contributed by atoms with van der Waals surface area (Å²) in [6.07, 6.45) is -1.03. The van der Waals surface area contributed by atoms with E-state index in [0.717, 1.165) is 0 Å². The monoisotopic (exact) mass is 232 g/mol. The van der Waals surface area contributed by atoms with Crippen molar-refractivity contribution in [2.75, 3.05) is 7.11 Å². The fraction of sp³-hybridized carbons (Fsp3) is 0.700. The molecule has 0 aromatic carbocycles. The van der Waals surface area contributed by atoms with Crippen LogP contribution in [0.3, 0.4) is 0 Å². The van der Waals surface area contributed by atoms with E-state index in [2.05, 4.69) is 4.74 Å². The Balaban J connectivity index is 4.04. The number of ether oxygens (including phenoxy) is 2. The van der Waals surface area contributed by atoms with Gasteiger partial charge in [-0.2, -0.15) is 0 Å². The van der Waals surface area contributed by atoms with Crippen molar-refractivity contribution in [1.82, 2.24) is 0 Å². The Hall–Kier alpha value is -1.59. The van der Waals surface area contributed by atoms with Gasteiger partial charge in [0.2, 0.25) is 0 Å². The highest BCUT2D eigenvalue weighted by Crippen LogP contribution is 2.09. The molecule has 0 saturated carbocycles. The van der Waals surface area contributed by atoms with Crippen LogP contribution in [0, 0.1) is 5.92 Å². The number of methoxy groups -OCH3 is 1. The highest BCUT2D eigenvalue weighted by atomic mass is 16.5. The van der Waals surface area contributed by atoms with Gasteiger partial charge in [0, 0.05) is 0 Å². The molecular formula is C10H16O6. The molecule has 6 nitrogen and oxygen atoms in total. The standard InChI is InChI=1S/C10H16O6/c1-6(4-9(13)15-3)10(14)16-7(2)5-8(11)12/h6-7H,4-5H2,1-3H3,(H,11,12). The van der Waals surface area contributed by atoms with E-state index in [1.807, 2.05) is 0 Å². The lowest BCUT2D eigenvalue weighted by Gasteiger charge is -2.14. The number of carbonyl (C=O) groups excluding carboxylic acids is 2. The summed E-state index contributed by atoms with van der Waals surface area (Å²) in [5.74, 6) is -2.78. The summed E-state index contributed by atoms with van der Waals surface area (Å²) < 4.78 is 9.24. The molecule has 2 atom stereocenters. The first-order valence-corrected chi connectivity index (χ1v) is 4.86. The Kier molecular flexibility index (Phi) is 6.14. The molecule has 1 N–H and O–H groups in total. The predicted molar refractivity (Wildman–Crippen MR) is 53.6 cm³/mol. The Labute approximate surface area is 93.5 Å². The Morgan fingerprint density at radius 1 is 1.19 bits per heavy atom. The average molecular weight is 232 g/mol. The number of carbonyl (C=O) groups is 3. The van der Waals surface area contributed by atoms with Crippen LogP contribution in [-0.2, 0) is 23.9 Å². The summed E-state index contributed by atoms with van der Waals surface area (Å²) in [5, 5.41) is 8.45. The number of aliphatic carboxylic acids is 1. The summed E-state index contributed by atoms with van der Waals surface area (Å²) >= 11 is 0. The lowest BCUT2D eigenvalue weighted by molar-refractivity contribution is -0.159. The van der Waals surface area contributed by atoms with Crippen LogP contribution < -0.4 is 0 Å². The van der Waals surface area contributed by atoms with Gasteiger partial charge in [0.05, 0.1) is 25.9 Å². The Bertz CT molecular complexity index is 272. The summed E-state index contributed by atoms with van der Waals surface area (Å²) in [4.78, 5) is 32.5. The van der Waals surface area contributed by atoms with Gasteiger partial charge < -0.3 is 14.6 Å². The van der Waals surface area contributed by atoms with E-state index in [-0.39, 0.29) is 12.8 Å². The van der Waals surface area contributed by atoms with Gasteiger partial charge in [0.25, 0.3) is 0 Å². The third kappa shape index (κ3) is 6.00. The molecule has 0 bridgehead atoms. The van der Waals surface area contributed by atoms with Crippen LogP contribution >= 0.6 is 0 Å². The summed E-state index contributed by atoms with van der Waals surface area (Å²) in [6.45, 7) is 3.00. The maximum atomic E-state index is 11.4. The molecule has 0 spiro atoms. The van der Waals surface area contributed by atoms with E-state index >= 15 is 0 Å². The van der Waals surface area contributed by atoms with E-state index in [1.165, 1.54) is 21.0 Å². The van der Waals surface area contributed by atoms with E-state index in [4.69, 9.17) is 9.84 Å². The van der Waals surface area contributed by atoms with Gasteiger partial charge in [-0.25, -0.2) is 0 Å². The molecule has 6 heteroatoms. The summed E-state index contributed by atoms with van der Waals surface area (Å²) in [7, 11) is 1.23. The van der Waals surface area contributed by atoms with Gasteiger partial charge in [-0.3, -0.25) is 14.4 Å². The fourth-order valence-electron chi connectivity index (χ4n) is 1.02. The number of carboxylic acid groups (broad SMARTS) is 1. The maximum absolute atomic E-state index is 11.4. The molecule has 0 aliphatic heterocycles. The van der Waals surface area contributed by atoms with Crippen LogP contribution in [0.4, 0.5) is 0 Å². The van der Waals surface area contributed by atoms with Gasteiger partial charge in [-0.05, 0) is 6.92 Å². The van der Waals surface area contributed by atoms with E-state index in [1.54, 1.807) is 0 Å². The number of carboxylic acids is 1. The van der Waals surface area contributed by atoms with Crippen molar-refractivity contribution >= 4 is 17.9 Å². The normalized spacial score (nSPS) is 13.7. The number of rotatable bonds is 6. The van der Waals surface area contributed by atoms with Crippen LogP contribution in [-0.4, -0.2) is 36.2 Å². The molecule has 0 heterocycles. The first-order chi connectivity index (χ1) is 7.36. The van der Waals surface area contributed by atoms with Crippen molar-refractivity contribution in [3.8, 4) is 0 Å². The second kappa shape index (κ2) is 6.81. The van der Waals surface area contributed by atoms with Crippen molar-refractivity contribution in [2.45, 2.75) is 32.8 Å². The lowest BCUT2D eigenvalue weighted by Crippen LogP contribution is -2.24. The first-order valence-electron chi connectivity index (χ1n) is 4.86. The molecule has 0 rings (SSSR count). The van der Waals surface area contributed by atoms with Crippen LogP contribution in [0.2, 0.25) is 0 Å². The second-order valence-corrected chi connectivity index (χ2v) is 3.53. The molecule has 0 aromatic rings. The molecule has 0 fully saturated rings. The zero-order valence-corrected chi connectivity index (χ0v) is 9.56. The second-order valence-electron chi connectivity index (χ2n) is 3.53. The molecule has 0 aliphatic carbocycles. The maximum Gasteiger partial charge on any atom is 0.309 e. The molecular weight excluding hydrogens is 216 g/mol. The highest BCUT2D eigenvalue weighted by molar-refractivity contribution is 5.79. The molecule has 0 amide bonds. The van der Waals surface area contributed by atoms with E-state index in [9.17, 15) is 14.4 Å². The summed E-state index contributed by atoms with van der Waals surface area (Å²) in [5.41, 5.74) is 0. The first kappa shape index (κ1) is 14.4. The zero-order valence-electron chi connectivity index (χ0n) is 9.56. The van der Waals surface area contributed by atoms with Gasteiger partial charge in [0.1, 0.15) is 6.10 Å². The quantitative estimate of drug-likeness (QED) is 0.674. The SMILES string of the molecule is COC(=O)CC(C)C(=O)OC(C)CC(=O)O. The van der Waals surface area contributed by atoms with Crippen molar-refractivity contribution in [3.05, 3.63) is 0 Å². The lowest BCUT2D eigenvalue weighted by atomic mass is 10.1. The molecule has 2 unspecified atom stereocenters. The average Bonchev–Trinajstić information content (AvgIpc) is 2.15. The van der Waals surface area contributed by atoms with Crippen molar-refractivity contribution in [2.24, 2.45) is 5.92 Å². The Morgan fingerprint density at radius 2 is 1.75 bits per heavy atom. The van der Waals surface area contributed by atoms with Crippen LogP contribution in [0.25, 0.3) is 0 Å². The predicted octanol–water partition coefficient (Wildman–Crippen LogP) is 0.592. The number of hydrogen-bond donors (Lipinski definition) is 1. The topological polar surface area (TPSA) is 89.9 Å². The van der Waals surface area contributed by atoms with E-state index in [0.29, 0.717) is 0 Å². The van der Waals surface area contributed by atoms with Crippen molar-refractivity contribution in [1.29, 1.82) is 0 Å². The van der Waals surface area contributed by atoms with Crippen molar-refractivity contribution in [3.63, 3.8) is 0 Å². The third-order valence-corrected chi connectivity index (χ3v) is 1.88. The van der Waals surface area contributed by atoms with E-state index < -0.39 is 29.9 Å². The molecule has 0 radical (unpaired) electrons. The minimum absolute atomic E-state index is 0.0743. The highest BCUT2D eigenvalue weighted by Gasteiger charge is 2.21. The number of esters is 2. The smallest absolute Gasteiger partial charge is 0.309 e. The zero-order chi connectivity index (χ0) is 12.7. The van der Waals surface area contributed by atoms with Crippen LogP contribution in [0.1, 0.15) is 26.7 Å². The summed E-state index contributed by atoms with van der Waals surface area (Å²) in [6, 6.07) is 0. The van der Waals surface area contributed by atoms with Crippen molar-refractivity contribution < 1.29 is 29.0 Å². The molecule has 92 valence electrons. The van der Waals surface area contributed by atoms with Gasteiger partial charge >= 0.3 is 17.9 Å². The largest absolute Gasteiger partial charge is 0.481 e. The van der Waals surface area contributed by atoms with Gasteiger partial charge in [0.15, 0.2) is 0 Å². The van der Waals surface area contributed by atoms with Gasteiger partial charge in [-0.1, -0.05) is 6.92 Å². The minimum atomic E-state index is -1.04. The number of hydrogen-bond acceptors (Lipinski definition) is 5. The minimum Gasteiger partial charge on any atom is -0.481 e. The fourth-order valence-corrected chi connectivity index (χ4v) is 1.02. The van der Waals surface area contributed by atoms with Crippen LogP contribution in [0.5, 0.6) is 0 Å². The molecule has 0 aliphatic rings. The van der Waals surface area contributed by atoms with Crippen LogP contribution in [0.15, 0.2) is 0 Å².